The Morgan fingerprint density at radius 2 is 1.75 bits per heavy atom. The Balaban J connectivity index is 1.52. The van der Waals surface area contributed by atoms with Gasteiger partial charge in [-0.15, -0.1) is 10.2 Å². The predicted molar refractivity (Wildman–Crippen MR) is 120 cm³/mol. The third kappa shape index (κ3) is 5.12. The number of ether oxygens (including phenoxy) is 1. The number of aromatic nitrogens is 4. The monoisotopic (exact) mass is 449 g/mol. The SMILES string of the molecule is COc1ccc(-n2c(SCC(=O)NCc3ccc(F)cc3)nnc2-c2ccncc2)cc1. The molecule has 2 aromatic heterocycles. The van der Waals surface area contributed by atoms with E-state index in [9.17, 15) is 9.18 Å². The molecule has 0 aliphatic carbocycles. The van der Waals surface area contributed by atoms with E-state index in [1.807, 2.05) is 41.0 Å². The van der Waals surface area contributed by atoms with Crippen LogP contribution in [-0.4, -0.2) is 38.5 Å². The number of halogens is 1. The van der Waals surface area contributed by atoms with Crippen molar-refractivity contribution in [1.82, 2.24) is 25.1 Å². The van der Waals surface area contributed by atoms with Crippen molar-refractivity contribution < 1.29 is 13.9 Å². The first kappa shape index (κ1) is 21.5. The van der Waals surface area contributed by atoms with Crippen molar-refractivity contribution in [2.45, 2.75) is 11.7 Å². The van der Waals surface area contributed by atoms with E-state index in [0.717, 1.165) is 22.6 Å². The fraction of sp³-hybridized carbons (Fsp3) is 0.130. The smallest absolute Gasteiger partial charge is 0.230 e. The minimum absolute atomic E-state index is 0.158. The van der Waals surface area contributed by atoms with Gasteiger partial charge in [0.25, 0.3) is 0 Å². The molecule has 1 N–H and O–H groups in total. The van der Waals surface area contributed by atoms with Crippen molar-refractivity contribution in [3.8, 4) is 22.8 Å². The van der Waals surface area contributed by atoms with Gasteiger partial charge >= 0.3 is 0 Å². The normalized spacial score (nSPS) is 10.7. The largest absolute Gasteiger partial charge is 0.497 e. The molecule has 0 fully saturated rings. The summed E-state index contributed by atoms with van der Waals surface area (Å²) in [6.07, 6.45) is 3.39. The van der Waals surface area contributed by atoms with Crippen LogP contribution >= 0.6 is 11.8 Å². The quantitative estimate of drug-likeness (QED) is 0.411. The molecule has 1 amide bonds. The molecule has 0 bridgehead atoms. The first-order valence-electron chi connectivity index (χ1n) is 9.78. The number of hydrogen-bond acceptors (Lipinski definition) is 6. The summed E-state index contributed by atoms with van der Waals surface area (Å²) in [7, 11) is 1.61. The minimum atomic E-state index is -0.307. The highest BCUT2D eigenvalue weighted by Gasteiger charge is 2.17. The van der Waals surface area contributed by atoms with Crippen LogP contribution in [0.1, 0.15) is 5.56 Å². The molecule has 0 spiro atoms. The van der Waals surface area contributed by atoms with Gasteiger partial charge < -0.3 is 10.1 Å². The van der Waals surface area contributed by atoms with Gasteiger partial charge in [0.05, 0.1) is 12.9 Å². The van der Waals surface area contributed by atoms with Gasteiger partial charge in [-0.05, 0) is 54.1 Å². The zero-order valence-corrected chi connectivity index (χ0v) is 18.1. The van der Waals surface area contributed by atoms with Gasteiger partial charge in [0.15, 0.2) is 11.0 Å². The lowest BCUT2D eigenvalue weighted by Gasteiger charge is -2.11. The van der Waals surface area contributed by atoms with Crippen LogP contribution in [0, 0.1) is 5.82 Å². The molecule has 2 heterocycles. The van der Waals surface area contributed by atoms with Crippen molar-refractivity contribution in [3.05, 3.63) is 84.4 Å². The molecule has 7 nitrogen and oxygen atoms in total. The number of rotatable bonds is 8. The van der Waals surface area contributed by atoms with E-state index < -0.39 is 0 Å². The first-order valence-corrected chi connectivity index (χ1v) is 10.8. The van der Waals surface area contributed by atoms with Crippen LogP contribution < -0.4 is 10.1 Å². The number of methoxy groups -OCH3 is 1. The molecule has 0 saturated heterocycles. The fourth-order valence-electron chi connectivity index (χ4n) is 3.00. The molecule has 0 aliphatic rings. The second kappa shape index (κ2) is 10.1. The van der Waals surface area contributed by atoms with E-state index in [0.29, 0.717) is 17.5 Å². The molecule has 9 heteroatoms. The maximum atomic E-state index is 13.0. The summed E-state index contributed by atoms with van der Waals surface area (Å²) in [5.41, 5.74) is 2.53. The predicted octanol–water partition coefficient (Wildman–Crippen LogP) is 3.89. The van der Waals surface area contributed by atoms with Gasteiger partial charge in [-0.25, -0.2) is 4.39 Å². The molecule has 4 aromatic rings. The van der Waals surface area contributed by atoms with Crippen molar-refractivity contribution in [2.24, 2.45) is 0 Å². The number of nitrogens with one attached hydrogen (secondary N) is 1. The van der Waals surface area contributed by atoms with Crippen LogP contribution in [0.4, 0.5) is 4.39 Å². The van der Waals surface area contributed by atoms with Crippen LogP contribution in [0.2, 0.25) is 0 Å². The van der Waals surface area contributed by atoms with Gasteiger partial charge in [0.2, 0.25) is 5.91 Å². The summed E-state index contributed by atoms with van der Waals surface area (Å²) < 4.78 is 20.2. The molecule has 32 heavy (non-hydrogen) atoms. The molecular formula is C23H20FN5O2S. The zero-order chi connectivity index (χ0) is 22.3. The highest BCUT2D eigenvalue weighted by atomic mass is 32.2. The molecule has 4 rings (SSSR count). The lowest BCUT2D eigenvalue weighted by Crippen LogP contribution is -2.24. The standard InChI is InChI=1S/C23H20FN5O2S/c1-31-20-8-6-19(7-9-20)29-22(17-10-12-25-13-11-17)27-28-23(29)32-15-21(30)26-14-16-2-4-18(24)5-3-16/h2-13H,14-15H2,1H3,(H,26,30). The van der Waals surface area contributed by atoms with Crippen LogP contribution in [0.25, 0.3) is 17.1 Å². The van der Waals surface area contributed by atoms with Crippen LogP contribution in [-0.2, 0) is 11.3 Å². The first-order chi connectivity index (χ1) is 15.6. The Kier molecular flexibility index (Phi) is 6.76. The molecule has 0 unspecified atom stereocenters. The van der Waals surface area contributed by atoms with E-state index in [-0.39, 0.29) is 17.5 Å². The topological polar surface area (TPSA) is 81.9 Å². The third-order valence-electron chi connectivity index (χ3n) is 4.64. The van der Waals surface area contributed by atoms with Crippen molar-refractivity contribution in [3.63, 3.8) is 0 Å². The van der Waals surface area contributed by atoms with E-state index in [4.69, 9.17) is 4.74 Å². The van der Waals surface area contributed by atoms with E-state index >= 15 is 0 Å². The average Bonchev–Trinajstić information content (AvgIpc) is 3.27. The summed E-state index contributed by atoms with van der Waals surface area (Å²) in [4.78, 5) is 16.4. The van der Waals surface area contributed by atoms with Gasteiger partial charge in [0.1, 0.15) is 11.6 Å². The molecule has 0 saturated carbocycles. The Morgan fingerprint density at radius 1 is 1.03 bits per heavy atom. The number of amides is 1. The summed E-state index contributed by atoms with van der Waals surface area (Å²) in [5.74, 6) is 1.08. The van der Waals surface area contributed by atoms with Crippen molar-refractivity contribution in [2.75, 3.05) is 12.9 Å². The van der Waals surface area contributed by atoms with Gasteiger partial charge in [0, 0.05) is 30.2 Å². The lowest BCUT2D eigenvalue weighted by atomic mass is 10.2. The number of pyridine rings is 1. The molecule has 2 aromatic carbocycles. The summed E-state index contributed by atoms with van der Waals surface area (Å²) in [6.45, 7) is 0.326. The average molecular weight is 450 g/mol. The summed E-state index contributed by atoms with van der Waals surface area (Å²) in [6, 6.07) is 17.3. The van der Waals surface area contributed by atoms with E-state index in [2.05, 4.69) is 20.5 Å². The molecular weight excluding hydrogens is 429 g/mol. The molecule has 0 atom stereocenters. The molecule has 0 radical (unpaired) electrons. The number of carbonyl (C=O) groups is 1. The van der Waals surface area contributed by atoms with Crippen LogP contribution in [0.3, 0.4) is 0 Å². The molecule has 162 valence electrons. The van der Waals surface area contributed by atoms with E-state index in [1.54, 1.807) is 31.6 Å². The number of thioether (sulfide) groups is 1. The zero-order valence-electron chi connectivity index (χ0n) is 17.2. The van der Waals surface area contributed by atoms with Gasteiger partial charge in [-0.2, -0.15) is 0 Å². The number of carbonyl (C=O) groups excluding carboxylic acids is 1. The second-order valence-electron chi connectivity index (χ2n) is 6.77. The molecule has 0 aliphatic heterocycles. The Hall–Kier alpha value is -3.72. The van der Waals surface area contributed by atoms with Crippen molar-refractivity contribution >= 4 is 17.7 Å². The lowest BCUT2D eigenvalue weighted by molar-refractivity contribution is -0.118. The van der Waals surface area contributed by atoms with E-state index in [1.165, 1.54) is 23.9 Å². The highest BCUT2D eigenvalue weighted by molar-refractivity contribution is 7.99. The van der Waals surface area contributed by atoms with Gasteiger partial charge in [-0.1, -0.05) is 23.9 Å². The van der Waals surface area contributed by atoms with Gasteiger partial charge in [-0.3, -0.25) is 14.3 Å². The summed E-state index contributed by atoms with van der Waals surface area (Å²) in [5, 5.41) is 12.1. The minimum Gasteiger partial charge on any atom is -0.497 e. The Labute approximate surface area is 188 Å². The number of benzene rings is 2. The number of nitrogens with zero attached hydrogens (tertiary/aromatic N) is 4. The number of hydrogen-bond donors (Lipinski definition) is 1. The van der Waals surface area contributed by atoms with Crippen LogP contribution in [0.5, 0.6) is 5.75 Å². The highest BCUT2D eigenvalue weighted by Crippen LogP contribution is 2.28. The fourth-order valence-corrected chi connectivity index (χ4v) is 3.78. The Morgan fingerprint density at radius 3 is 2.44 bits per heavy atom. The second-order valence-corrected chi connectivity index (χ2v) is 7.71. The third-order valence-corrected chi connectivity index (χ3v) is 5.57. The maximum absolute atomic E-state index is 13.0. The maximum Gasteiger partial charge on any atom is 0.230 e. The Bertz CT molecular complexity index is 1180. The van der Waals surface area contributed by atoms with Crippen LogP contribution in [0.15, 0.2) is 78.2 Å². The van der Waals surface area contributed by atoms with Crippen molar-refractivity contribution in [1.29, 1.82) is 0 Å². The summed E-state index contributed by atoms with van der Waals surface area (Å²) >= 11 is 1.28.